The molecule has 332 valence electrons. The normalized spacial score (nSPS) is 10.2. The largest absolute Gasteiger partial charge is 1.00 e. The van der Waals surface area contributed by atoms with Crippen LogP contribution in [0.25, 0.3) is 10.9 Å². The Kier molecular flexibility index (Phi) is 16.1. The van der Waals surface area contributed by atoms with Crippen LogP contribution in [0.1, 0.15) is 35.5 Å². The number of nitrogens with one attached hydrogen (secondary N) is 5. The van der Waals surface area contributed by atoms with Crippen molar-refractivity contribution in [3.05, 3.63) is 198 Å². The molecule has 0 aliphatic carbocycles. The monoisotopic (exact) mass is 907 g/mol. The maximum absolute atomic E-state index is 12.7. The highest BCUT2D eigenvalue weighted by Gasteiger charge is 2.11. The first-order valence-electron chi connectivity index (χ1n) is 21.1. The van der Waals surface area contributed by atoms with Gasteiger partial charge in [0, 0.05) is 106 Å². The molecule has 0 bridgehead atoms. The fraction of sp³-hybridized carbons (Fsp3) is 0.0625. The average molecular weight is 909 g/mol. The molecule has 0 fully saturated rings. The third-order valence-electron chi connectivity index (χ3n) is 9.36. The number of nitrogens with zero attached hydrogens (tertiary/aromatic N) is 4. The van der Waals surface area contributed by atoms with E-state index in [0.29, 0.717) is 33.7 Å². The van der Waals surface area contributed by atoms with Gasteiger partial charge in [-0.3, -0.25) is 24.7 Å². The number of halogens is 2. The second-order valence-corrected chi connectivity index (χ2v) is 14.0. The Hall–Kier alpha value is -8.07. The average Bonchev–Trinajstić information content (AvgIpc) is 3.33. The van der Waals surface area contributed by atoms with Crippen LogP contribution in [0.4, 0.5) is 56.9 Å². The summed E-state index contributed by atoms with van der Waals surface area (Å²) in [7, 11) is 3.93. The molecule has 0 spiro atoms. The lowest BCUT2D eigenvalue weighted by atomic mass is 10.1. The van der Waals surface area contributed by atoms with Crippen molar-refractivity contribution in [2.45, 2.75) is 7.43 Å². The highest BCUT2D eigenvalue weighted by Crippen LogP contribution is 2.29. The smallest absolute Gasteiger partial charge is 0.271 e. The van der Waals surface area contributed by atoms with Gasteiger partial charge in [0.25, 0.3) is 17.5 Å². The molecule has 3 aromatic heterocycles. The number of rotatable bonds is 11. The number of fused-ring (bicyclic) bond motifs is 1. The van der Waals surface area contributed by atoms with Gasteiger partial charge >= 0.3 is 0 Å². The minimum absolute atomic E-state index is 0. The molecule has 7 N–H and O–H groups in total. The number of carbonyl (C=O) groups is 2. The standard InChI is InChI=1S/C28H22N6O3.C19H18N4O.CH4.2ClH.3H2/c1-33-16-13-23(14-17-33)30-20-4-2-19(3-5-20)28(35)32-22-8-6-21(7-9-22)31-26-12-15-29-27-18-24(34(36)37)10-11-25(26)27;1-23-12-10-18(11-13-23)21-16-6-2-14(3-7-16)19(24)22-17-8-4-15(20)5-9-17;;;;;;/h2-18H,1H3,(H2,29,31,32,35);2-13H,20H2,1H3,(H,22,24);1H4;5*1H/i;;;;;2*1+1D;1+1. The molecule has 0 aliphatic rings. The summed E-state index contributed by atoms with van der Waals surface area (Å²) in [6, 6.07) is 43.3. The first-order valence-corrected chi connectivity index (χ1v) is 19.1. The van der Waals surface area contributed by atoms with Crippen LogP contribution in [0.3, 0.4) is 0 Å². The number of pyridine rings is 3. The lowest BCUT2D eigenvalue weighted by Crippen LogP contribution is -3.00. The summed E-state index contributed by atoms with van der Waals surface area (Å²) in [5, 5.41) is 27.5. The molecule has 5 aromatic carbocycles. The van der Waals surface area contributed by atoms with Gasteiger partial charge in [-0.2, -0.15) is 0 Å². The molecule has 0 saturated carbocycles. The summed E-state index contributed by atoms with van der Waals surface area (Å²) in [6.45, 7) is 0. The van der Waals surface area contributed by atoms with E-state index in [-0.39, 0.29) is 51.2 Å². The Morgan fingerprint density at radius 3 is 1.42 bits per heavy atom. The Morgan fingerprint density at radius 2 is 0.969 bits per heavy atom. The number of nitrogen functional groups attached to an aromatic ring is 1. The maximum Gasteiger partial charge on any atom is 0.271 e. The van der Waals surface area contributed by atoms with Crippen molar-refractivity contribution < 1.29 is 55.8 Å². The minimum atomic E-state index is -0.440. The van der Waals surface area contributed by atoms with E-state index in [1.807, 2.05) is 109 Å². The number of nitrogens with two attached hydrogens (primary N) is 1. The zero-order valence-corrected chi connectivity index (χ0v) is 35.5. The highest BCUT2D eigenvalue weighted by molar-refractivity contribution is 6.05. The maximum atomic E-state index is 12.7. The summed E-state index contributed by atoms with van der Waals surface area (Å²) in [6.07, 6.45) is 9.45. The lowest BCUT2D eigenvalue weighted by molar-refractivity contribution is -0.671. The Bertz CT molecular complexity index is 2820. The van der Waals surface area contributed by atoms with Crippen molar-refractivity contribution in [2.24, 2.45) is 14.1 Å². The molecule has 64 heavy (non-hydrogen) atoms. The number of aromatic nitrogens is 3. The van der Waals surface area contributed by atoms with E-state index in [0.717, 1.165) is 39.5 Å². The third kappa shape index (κ3) is 13.2. The molecule has 0 radical (unpaired) electrons. The van der Waals surface area contributed by atoms with E-state index in [4.69, 9.17) is 11.7 Å². The van der Waals surface area contributed by atoms with Crippen molar-refractivity contribution >= 4 is 79.6 Å². The fourth-order valence-electron chi connectivity index (χ4n) is 6.04. The number of amides is 2. The number of benzene rings is 5. The molecule has 0 atom stereocenters. The number of nitro groups is 1. The first-order chi connectivity index (χ1) is 31.5. The van der Waals surface area contributed by atoms with Crippen LogP contribution in [0, 0.1) is 10.1 Å². The van der Waals surface area contributed by atoms with Gasteiger partial charge in [-0.1, -0.05) is 7.43 Å². The lowest BCUT2D eigenvalue weighted by Gasteiger charge is -2.11. The first kappa shape index (κ1) is 45.5. The van der Waals surface area contributed by atoms with E-state index < -0.39 is 4.92 Å². The zero-order chi connectivity index (χ0) is 46.7. The Morgan fingerprint density at radius 1 is 0.578 bits per heavy atom. The number of carbonyl (C=O) groups excluding carboxylic acids is 2. The van der Waals surface area contributed by atoms with Crippen LogP contribution in [-0.4, -0.2) is 21.7 Å². The van der Waals surface area contributed by atoms with Crippen molar-refractivity contribution in [3.8, 4) is 0 Å². The summed E-state index contributed by atoms with van der Waals surface area (Å²) in [4.78, 5) is 39.8. The SMILES string of the molecule is C.C[n+]1ccc(Nc2ccc(C(=O)Nc3ccc(N)cc3)cc2)cc1.C[n+]1ccc(Nc2ccc(C(=O)Nc3ccc(Nc4ccnc5cc([N+](=O)[O-])ccc45)cc3)cc2)cc1.[2HH].[2H][2H].[2H][2H].[Cl-].[Cl-]. The predicted molar refractivity (Wildman–Crippen MR) is 253 cm³/mol. The van der Waals surface area contributed by atoms with Gasteiger partial charge in [-0.25, -0.2) is 9.13 Å². The van der Waals surface area contributed by atoms with Crippen molar-refractivity contribution in [1.82, 2.24) is 4.98 Å². The van der Waals surface area contributed by atoms with E-state index in [9.17, 15) is 19.7 Å². The number of hydrogen-bond donors (Lipinski definition) is 6. The Balaban J connectivity index is 0.000000652. The number of nitro benzene ring substituents is 1. The summed E-state index contributed by atoms with van der Waals surface area (Å²) < 4.78 is 23.9. The van der Waals surface area contributed by atoms with Crippen LogP contribution < -0.4 is 66.3 Å². The Labute approximate surface area is 390 Å². The molecule has 3 heterocycles. The van der Waals surface area contributed by atoms with Crippen molar-refractivity contribution in [1.29, 1.82) is 0 Å². The van der Waals surface area contributed by atoms with Gasteiger partial charge in [0.1, 0.15) is 14.1 Å². The summed E-state index contributed by atoms with van der Waals surface area (Å²) in [5.74, 6) is -0.362. The third-order valence-corrected chi connectivity index (χ3v) is 9.36. The molecular formula is C48H52Cl2N10O4. The van der Waals surface area contributed by atoms with Crippen LogP contribution >= 0.6 is 0 Å². The highest BCUT2D eigenvalue weighted by atomic mass is 35.5. The number of anilines is 9. The van der Waals surface area contributed by atoms with Crippen molar-refractivity contribution in [3.63, 3.8) is 0 Å². The number of hydrogen-bond acceptors (Lipinski definition) is 9. The van der Waals surface area contributed by atoms with Gasteiger partial charge in [0.05, 0.1) is 21.8 Å². The topological polar surface area (TPSA) is 184 Å². The molecule has 2 amide bonds. The van der Waals surface area contributed by atoms with E-state index in [2.05, 4.69) is 31.6 Å². The van der Waals surface area contributed by atoms with Gasteiger partial charge in [-0.05, 0) is 109 Å². The van der Waals surface area contributed by atoms with Gasteiger partial charge < -0.3 is 57.1 Å². The summed E-state index contributed by atoms with van der Waals surface area (Å²) in [5.41, 5.74) is 14.7. The molecule has 0 aliphatic heterocycles. The predicted octanol–water partition coefficient (Wildman–Crippen LogP) is 4.18. The molecule has 16 heteroatoms. The van der Waals surface area contributed by atoms with Crippen LogP contribution in [0.5, 0.6) is 0 Å². The molecule has 8 aromatic rings. The number of non-ortho nitro benzene ring substituents is 1. The number of aryl methyl sites for hydroxylation is 2. The quantitative estimate of drug-likeness (QED) is 0.0480. The van der Waals surface area contributed by atoms with Crippen LogP contribution in [0.2, 0.25) is 0 Å². The van der Waals surface area contributed by atoms with Crippen LogP contribution in [0.15, 0.2) is 177 Å². The molecule has 0 saturated heterocycles. The fourth-order valence-corrected chi connectivity index (χ4v) is 6.04. The van der Waals surface area contributed by atoms with E-state index >= 15 is 0 Å². The van der Waals surface area contributed by atoms with Gasteiger partial charge in [0.2, 0.25) is 0 Å². The van der Waals surface area contributed by atoms with E-state index in [1.165, 1.54) is 12.1 Å². The van der Waals surface area contributed by atoms with Gasteiger partial charge in [0.15, 0.2) is 24.8 Å². The van der Waals surface area contributed by atoms with E-state index in [1.54, 1.807) is 79.0 Å². The molecule has 8 rings (SSSR count). The van der Waals surface area contributed by atoms with Crippen molar-refractivity contribution in [2.75, 3.05) is 32.3 Å². The second-order valence-electron chi connectivity index (χ2n) is 14.0. The second kappa shape index (κ2) is 22.7. The molecule has 14 nitrogen and oxygen atoms in total. The van der Waals surface area contributed by atoms with Gasteiger partial charge in [-0.15, -0.1) is 0 Å². The minimum Gasteiger partial charge on any atom is -1.00 e. The van der Waals surface area contributed by atoms with Crippen LogP contribution in [-0.2, 0) is 14.1 Å². The molecular weight excluding hydrogens is 851 g/mol. The molecule has 0 unspecified atom stereocenters. The zero-order valence-electron chi connectivity index (χ0n) is 38.0. The summed E-state index contributed by atoms with van der Waals surface area (Å²) >= 11 is 0.